The summed E-state index contributed by atoms with van der Waals surface area (Å²) in [6, 6.07) is 11.4. The zero-order valence-corrected chi connectivity index (χ0v) is 12.2. The Hall–Kier alpha value is -2.20. The molecule has 2 aromatic carbocycles. The van der Waals surface area contributed by atoms with Gasteiger partial charge in [0.25, 0.3) is 0 Å². The van der Waals surface area contributed by atoms with Gasteiger partial charge in [0, 0.05) is 12.1 Å². The van der Waals surface area contributed by atoms with Crippen LogP contribution in [0, 0.1) is 0 Å². The molecule has 0 radical (unpaired) electrons. The van der Waals surface area contributed by atoms with Gasteiger partial charge in [-0.05, 0) is 35.7 Å². The van der Waals surface area contributed by atoms with Crippen LogP contribution in [-0.4, -0.2) is 25.9 Å². The SMILES string of the molecule is COc1cc2c(cc1OC)[C@H](c1ccccc1O)NCC2. The van der Waals surface area contributed by atoms with Gasteiger partial charge in [-0.2, -0.15) is 0 Å². The third-order valence-electron chi connectivity index (χ3n) is 3.95. The molecule has 110 valence electrons. The number of methoxy groups -OCH3 is 2. The Balaban J connectivity index is 2.11. The van der Waals surface area contributed by atoms with E-state index >= 15 is 0 Å². The van der Waals surface area contributed by atoms with Gasteiger partial charge in [0.2, 0.25) is 0 Å². The molecule has 0 saturated carbocycles. The van der Waals surface area contributed by atoms with Crippen molar-refractivity contribution in [1.82, 2.24) is 5.32 Å². The van der Waals surface area contributed by atoms with Crippen molar-refractivity contribution in [1.29, 1.82) is 0 Å². The number of hydrogen-bond acceptors (Lipinski definition) is 4. The highest BCUT2D eigenvalue weighted by Crippen LogP contribution is 2.39. The Morgan fingerprint density at radius 3 is 2.48 bits per heavy atom. The number of hydrogen-bond donors (Lipinski definition) is 2. The number of benzene rings is 2. The van der Waals surface area contributed by atoms with Crippen LogP contribution in [-0.2, 0) is 6.42 Å². The fourth-order valence-corrected chi connectivity index (χ4v) is 2.89. The molecule has 0 aliphatic carbocycles. The van der Waals surface area contributed by atoms with Crippen molar-refractivity contribution in [3.05, 3.63) is 53.1 Å². The Morgan fingerprint density at radius 2 is 1.76 bits per heavy atom. The van der Waals surface area contributed by atoms with E-state index in [4.69, 9.17) is 9.47 Å². The van der Waals surface area contributed by atoms with Crippen LogP contribution in [0.3, 0.4) is 0 Å². The van der Waals surface area contributed by atoms with E-state index in [9.17, 15) is 5.11 Å². The number of nitrogens with one attached hydrogen (secondary N) is 1. The predicted molar refractivity (Wildman–Crippen MR) is 81.2 cm³/mol. The first-order chi connectivity index (χ1) is 10.2. The first kappa shape index (κ1) is 13.8. The summed E-state index contributed by atoms with van der Waals surface area (Å²) in [5.74, 6) is 1.76. The second kappa shape index (κ2) is 5.66. The molecule has 1 atom stereocenters. The molecule has 1 aliphatic rings. The van der Waals surface area contributed by atoms with Gasteiger partial charge in [0.15, 0.2) is 11.5 Å². The van der Waals surface area contributed by atoms with Gasteiger partial charge in [-0.25, -0.2) is 0 Å². The van der Waals surface area contributed by atoms with Crippen LogP contribution >= 0.6 is 0 Å². The maximum Gasteiger partial charge on any atom is 0.161 e. The van der Waals surface area contributed by atoms with E-state index in [1.807, 2.05) is 30.3 Å². The maximum absolute atomic E-state index is 10.1. The summed E-state index contributed by atoms with van der Waals surface area (Å²) >= 11 is 0. The lowest BCUT2D eigenvalue weighted by Gasteiger charge is -2.29. The van der Waals surface area contributed by atoms with E-state index in [0.717, 1.165) is 29.8 Å². The summed E-state index contributed by atoms with van der Waals surface area (Å²) in [5, 5.41) is 13.6. The van der Waals surface area contributed by atoms with Crippen molar-refractivity contribution < 1.29 is 14.6 Å². The van der Waals surface area contributed by atoms with Gasteiger partial charge in [0.1, 0.15) is 5.75 Å². The Morgan fingerprint density at radius 1 is 1.05 bits per heavy atom. The monoisotopic (exact) mass is 285 g/mol. The molecule has 0 fully saturated rings. The number of phenolic OH excluding ortho intramolecular Hbond substituents is 1. The zero-order chi connectivity index (χ0) is 14.8. The van der Waals surface area contributed by atoms with Crippen LogP contribution < -0.4 is 14.8 Å². The minimum atomic E-state index is -0.0326. The van der Waals surface area contributed by atoms with Gasteiger partial charge in [-0.3, -0.25) is 0 Å². The summed E-state index contributed by atoms with van der Waals surface area (Å²) < 4.78 is 10.8. The molecule has 1 heterocycles. The molecule has 0 bridgehead atoms. The van der Waals surface area contributed by atoms with Gasteiger partial charge in [-0.1, -0.05) is 18.2 Å². The molecule has 4 heteroatoms. The molecule has 4 nitrogen and oxygen atoms in total. The van der Waals surface area contributed by atoms with Gasteiger partial charge in [0.05, 0.1) is 20.3 Å². The highest BCUT2D eigenvalue weighted by molar-refractivity contribution is 5.53. The zero-order valence-electron chi connectivity index (χ0n) is 12.2. The van der Waals surface area contributed by atoms with E-state index < -0.39 is 0 Å². The molecule has 1 aliphatic heterocycles. The topological polar surface area (TPSA) is 50.7 Å². The van der Waals surface area contributed by atoms with Crippen LogP contribution in [0.2, 0.25) is 0 Å². The van der Waals surface area contributed by atoms with E-state index in [-0.39, 0.29) is 6.04 Å². The maximum atomic E-state index is 10.1. The number of para-hydroxylation sites is 1. The molecular weight excluding hydrogens is 266 g/mol. The number of phenols is 1. The van der Waals surface area contributed by atoms with Gasteiger partial charge < -0.3 is 19.9 Å². The van der Waals surface area contributed by atoms with Crippen LogP contribution in [0.5, 0.6) is 17.2 Å². The Bertz CT molecular complexity index is 654. The lowest BCUT2D eigenvalue weighted by atomic mass is 9.89. The molecule has 0 unspecified atom stereocenters. The smallest absolute Gasteiger partial charge is 0.161 e. The summed E-state index contributed by atoms with van der Waals surface area (Å²) in [5.41, 5.74) is 3.23. The first-order valence-corrected chi connectivity index (χ1v) is 7.00. The van der Waals surface area contributed by atoms with Crippen molar-refractivity contribution >= 4 is 0 Å². The summed E-state index contributed by atoms with van der Waals surface area (Å²) in [6.07, 6.45) is 0.930. The Labute approximate surface area is 124 Å². The average molecular weight is 285 g/mol. The van der Waals surface area contributed by atoms with Crippen LogP contribution in [0.15, 0.2) is 36.4 Å². The number of ether oxygens (including phenoxy) is 2. The quantitative estimate of drug-likeness (QED) is 0.910. The van der Waals surface area contributed by atoms with E-state index in [2.05, 4.69) is 5.32 Å². The second-order valence-corrected chi connectivity index (χ2v) is 5.10. The number of aromatic hydroxyl groups is 1. The van der Waals surface area contributed by atoms with Gasteiger partial charge >= 0.3 is 0 Å². The highest BCUT2D eigenvalue weighted by Gasteiger charge is 2.25. The van der Waals surface area contributed by atoms with Crippen LogP contribution in [0.25, 0.3) is 0 Å². The summed E-state index contributed by atoms with van der Waals surface area (Å²) in [7, 11) is 3.28. The van der Waals surface area contributed by atoms with Crippen molar-refractivity contribution in [3.63, 3.8) is 0 Å². The molecule has 0 amide bonds. The molecule has 0 spiro atoms. The first-order valence-electron chi connectivity index (χ1n) is 7.00. The molecular formula is C17H19NO3. The van der Waals surface area contributed by atoms with E-state index in [0.29, 0.717) is 11.5 Å². The largest absolute Gasteiger partial charge is 0.508 e. The molecule has 21 heavy (non-hydrogen) atoms. The van der Waals surface area contributed by atoms with E-state index in [1.165, 1.54) is 5.56 Å². The molecule has 0 aromatic heterocycles. The van der Waals surface area contributed by atoms with Crippen molar-refractivity contribution in [2.24, 2.45) is 0 Å². The molecule has 2 N–H and O–H groups in total. The normalized spacial score (nSPS) is 17.1. The van der Waals surface area contributed by atoms with Crippen LogP contribution in [0.1, 0.15) is 22.7 Å². The van der Waals surface area contributed by atoms with Crippen molar-refractivity contribution in [2.45, 2.75) is 12.5 Å². The predicted octanol–water partition coefficient (Wildman–Crippen LogP) is 2.64. The van der Waals surface area contributed by atoms with Gasteiger partial charge in [-0.15, -0.1) is 0 Å². The fraction of sp³-hybridized carbons (Fsp3) is 0.294. The minimum Gasteiger partial charge on any atom is -0.508 e. The molecule has 0 saturated heterocycles. The summed E-state index contributed by atoms with van der Waals surface area (Å²) in [6.45, 7) is 0.863. The lowest BCUT2D eigenvalue weighted by Crippen LogP contribution is -2.30. The summed E-state index contributed by atoms with van der Waals surface area (Å²) in [4.78, 5) is 0. The van der Waals surface area contributed by atoms with Crippen molar-refractivity contribution in [3.8, 4) is 17.2 Å². The molecule has 3 rings (SSSR count). The van der Waals surface area contributed by atoms with E-state index in [1.54, 1.807) is 20.3 Å². The lowest BCUT2D eigenvalue weighted by molar-refractivity contribution is 0.352. The third-order valence-corrected chi connectivity index (χ3v) is 3.95. The average Bonchev–Trinajstić information content (AvgIpc) is 2.53. The number of rotatable bonds is 3. The Kier molecular flexibility index (Phi) is 3.71. The van der Waals surface area contributed by atoms with Crippen LogP contribution in [0.4, 0.5) is 0 Å². The number of fused-ring (bicyclic) bond motifs is 1. The highest BCUT2D eigenvalue weighted by atomic mass is 16.5. The third kappa shape index (κ3) is 2.43. The molecule has 2 aromatic rings. The second-order valence-electron chi connectivity index (χ2n) is 5.10. The standard InChI is InChI=1S/C17H19NO3/c1-20-15-9-11-7-8-18-17(13(11)10-16(15)21-2)12-5-3-4-6-14(12)19/h3-6,9-10,17-19H,7-8H2,1-2H3/t17-/m0/s1. The minimum absolute atomic E-state index is 0.0326. The van der Waals surface area contributed by atoms with Crippen molar-refractivity contribution in [2.75, 3.05) is 20.8 Å². The fourth-order valence-electron chi connectivity index (χ4n) is 2.89.